The van der Waals surface area contributed by atoms with Crippen LogP contribution in [0.2, 0.25) is 0 Å². The molecule has 6 heteroatoms. The minimum absolute atomic E-state index is 0.178. The van der Waals surface area contributed by atoms with Crippen molar-refractivity contribution in [3.63, 3.8) is 0 Å². The Labute approximate surface area is 86.6 Å². The fourth-order valence-electron chi connectivity index (χ4n) is 1.14. The molecule has 0 amide bonds. The number of aromatic amines is 1. The molecule has 0 saturated heterocycles. The van der Waals surface area contributed by atoms with E-state index in [9.17, 15) is 0 Å². The number of methoxy groups -OCH3 is 1. The van der Waals surface area contributed by atoms with Gasteiger partial charge in [0.15, 0.2) is 5.69 Å². The molecule has 6 nitrogen and oxygen atoms in total. The first-order valence-electron chi connectivity index (χ1n) is 4.59. The Morgan fingerprint density at radius 1 is 1.53 bits per heavy atom. The molecule has 0 aliphatic carbocycles. The molecule has 0 saturated carbocycles. The van der Waals surface area contributed by atoms with Gasteiger partial charge in [0.25, 0.3) is 5.89 Å². The summed E-state index contributed by atoms with van der Waals surface area (Å²) in [7, 11) is 1.60. The lowest BCUT2D eigenvalue weighted by Gasteiger charge is -2.00. The lowest BCUT2D eigenvalue weighted by Crippen LogP contribution is -1.97. The van der Waals surface area contributed by atoms with Gasteiger partial charge in [-0.2, -0.15) is 10.1 Å². The maximum atomic E-state index is 5.08. The van der Waals surface area contributed by atoms with Crippen molar-refractivity contribution >= 4 is 0 Å². The highest BCUT2D eigenvalue weighted by Gasteiger charge is 2.15. The highest BCUT2D eigenvalue weighted by atomic mass is 16.5. The number of aromatic nitrogens is 4. The van der Waals surface area contributed by atoms with E-state index >= 15 is 0 Å². The molecule has 2 rings (SSSR count). The van der Waals surface area contributed by atoms with Crippen LogP contribution in [0, 0.1) is 6.92 Å². The Balaban J connectivity index is 2.27. The van der Waals surface area contributed by atoms with Crippen LogP contribution in [0.3, 0.4) is 0 Å². The third kappa shape index (κ3) is 1.89. The third-order valence-corrected chi connectivity index (χ3v) is 2.08. The van der Waals surface area contributed by atoms with E-state index in [1.807, 2.05) is 19.9 Å². The Morgan fingerprint density at radius 3 is 2.93 bits per heavy atom. The third-order valence-electron chi connectivity index (χ3n) is 2.08. The Morgan fingerprint density at radius 2 is 2.33 bits per heavy atom. The molecular formula is C9H12N4O2. The summed E-state index contributed by atoms with van der Waals surface area (Å²) >= 11 is 0. The van der Waals surface area contributed by atoms with E-state index in [4.69, 9.17) is 9.26 Å². The number of rotatable bonds is 3. The molecule has 0 aromatic carbocycles. The standard InChI is InChI=1S/C9H12N4O2/c1-5-4-7(12-11-5)9-10-8(13-15-9)6(2)14-3/h4,6H,1-3H3,(H,11,12). The van der Waals surface area contributed by atoms with Gasteiger partial charge in [-0.15, -0.1) is 0 Å². The number of hydrogen-bond acceptors (Lipinski definition) is 5. The van der Waals surface area contributed by atoms with Crippen molar-refractivity contribution in [2.75, 3.05) is 7.11 Å². The van der Waals surface area contributed by atoms with Crippen LogP contribution in [0.1, 0.15) is 24.5 Å². The van der Waals surface area contributed by atoms with Crippen molar-refractivity contribution in [2.24, 2.45) is 0 Å². The van der Waals surface area contributed by atoms with Gasteiger partial charge in [0, 0.05) is 12.8 Å². The monoisotopic (exact) mass is 208 g/mol. The maximum Gasteiger partial charge on any atom is 0.278 e. The minimum Gasteiger partial charge on any atom is -0.374 e. The smallest absolute Gasteiger partial charge is 0.278 e. The number of ether oxygens (including phenoxy) is 1. The van der Waals surface area contributed by atoms with Crippen molar-refractivity contribution in [1.82, 2.24) is 20.3 Å². The highest BCUT2D eigenvalue weighted by molar-refractivity contribution is 5.46. The largest absolute Gasteiger partial charge is 0.374 e. The van der Waals surface area contributed by atoms with Gasteiger partial charge >= 0.3 is 0 Å². The predicted molar refractivity (Wildman–Crippen MR) is 52.0 cm³/mol. The Kier molecular flexibility index (Phi) is 2.51. The van der Waals surface area contributed by atoms with Gasteiger partial charge in [0.1, 0.15) is 6.10 Å². The van der Waals surface area contributed by atoms with E-state index in [1.54, 1.807) is 7.11 Å². The summed E-state index contributed by atoms with van der Waals surface area (Å²) < 4.78 is 10.1. The predicted octanol–water partition coefficient (Wildman–Crippen LogP) is 1.48. The summed E-state index contributed by atoms with van der Waals surface area (Å²) in [6.45, 7) is 3.76. The van der Waals surface area contributed by atoms with Crippen molar-refractivity contribution in [3.05, 3.63) is 17.6 Å². The first-order chi connectivity index (χ1) is 7.20. The SMILES string of the molecule is COC(C)c1noc(-c2cc(C)[nH]n2)n1. The van der Waals surface area contributed by atoms with Gasteiger partial charge < -0.3 is 9.26 Å². The summed E-state index contributed by atoms with van der Waals surface area (Å²) in [5.74, 6) is 0.923. The lowest BCUT2D eigenvalue weighted by atomic mass is 10.3. The van der Waals surface area contributed by atoms with Gasteiger partial charge in [-0.25, -0.2) is 0 Å². The second kappa shape index (κ2) is 3.82. The van der Waals surface area contributed by atoms with E-state index in [0.717, 1.165) is 5.69 Å². The topological polar surface area (TPSA) is 76.8 Å². The van der Waals surface area contributed by atoms with Crippen LogP contribution < -0.4 is 0 Å². The molecule has 0 bridgehead atoms. The number of H-pyrrole nitrogens is 1. The highest BCUT2D eigenvalue weighted by Crippen LogP contribution is 2.18. The zero-order chi connectivity index (χ0) is 10.8. The first kappa shape index (κ1) is 9.85. The number of nitrogens with zero attached hydrogens (tertiary/aromatic N) is 3. The first-order valence-corrected chi connectivity index (χ1v) is 4.59. The minimum atomic E-state index is -0.178. The molecular weight excluding hydrogens is 196 g/mol. The molecule has 2 heterocycles. The van der Waals surface area contributed by atoms with Gasteiger partial charge in [-0.3, -0.25) is 5.10 Å². The van der Waals surface area contributed by atoms with Crippen molar-refractivity contribution in [1.29, 1.82) is 0 Å². The van der Waals surface area contributed by atoms with E-state index in [2.05, 4.69) is 20.3 Å². The average Bonchev–Trinajstić information content (AvgIpc) is 2.84. The fourth-order valence-corrected chi connectivity index (χ4v) is 1.14. The van der Waals surface area contributed by atoms with Crippen LogP contribution >= 0.6 is 0 Å². The molecule has 2 aromatic heterocycles. The molecule has 2 aromatic rings. The summed E-state index contributed by atoms with van der Waals surface area (Å²) in [5, 5.41) is 10.6. The molecule has 0 radical (unpaired) electrons. The van der Waals surface area contributed by atoms with Crippen LogP contribution in [0.4, 0.5) is 0 Å². The summed E-state index contributed by atoms with van der Waals surface area (Å²) in [5.41, 5.74) is 1.60. The molecule has 80 valence electrons. The van der Waals surface area contributed by atoms with Crippen LogP contribution in [0.5, 0.6) is 0 Å². The van der Waals surface area contributed by atoms with E-state index in [-0.39, 0.29) is 6.10 Å². The van der Waals surface area contributed by atoms with Gasteiger partial charge in [-0.1, -0.05) is 5.16 Å². The molecule has 15 heavy (non-hydrogen) atoms. The number of hydrogen-bond donors (Lipinski definition) is 1. The fraction of sp³-hybridized carbons (Fsp3) is 0.444. The quantitative estimate of drug-likeness (QED) is 0.826. The van der Waals surface area contributed by atoms with Crippen molar-refractivity contribution in [3.8, 4) is 11.6 Å². The second-order valence-electron chi connectivity index (χ2n) is 3.27. The van der Waals surface area contributed by atoms with Crippen LogP contribution in [0.15, 0.2) is 10.6 Å². The summed E-state index contributed by atoms with van der Waals surface area (Å²) in [4.78, 5) is 4.18. The lowest BCUT2D eigenvalue weighted by molar-refractivity contribution is 0.109. The number of aryl methyl sites for hydroxylation is 1. The van der Waals surface area contributed by atoms with Crippen molar-refractivity contribution in [2.45, 2.75) is 20.0 Å². The molecule has 1 atom stereocenters. The summed E-state index contributed by atoms with van der Waals surface area (Å²) in [6.07, 6.45) is -0.178. The van der Waals surface area contributed by atoms with Gasteiger partial charge in [0.05, 0.1) is 0 Å². The van der Waals surface area contributed by atoms with Crippen LogP contribution in [-0.2, 0) is 4.74 Å². The molecule has 0 aliphatic heterocycles. The van der Waals surface area contributed by atoms with E-state index in [1.165, 1.54) is 0 Å². The van der Waals surface area contributed by atoms with Crippen molar-refractivity contribution < 1.29 is 9.26 Å². The molecule has 1 unspecified atom stereocenters. The zero-order valence-electron chi connectivity index (χ0n) is 8.81. The maximum absolute atomic E-state index is 5.08. The number of nitrogens with one attached hydrogen (secondary N) is 1. The second-order valence-corrected chi connectivity index (χ2v) is 3.27. The Hall–Kier alpha value is -1.69. The zero-order valence-corrected chi connectivity index (χ0v) is 8.81. The molecule has 0 aliphatic rings. The average molecular weight is 208 g/mol. The van der Waals surface area contributed by atoms with E-state index in [0.29, 0.717) is 17.4 Å². The normalized spacial score (nSPS) is 13.0. The molecule has 0 spiro atoms. The van der Waals surface area contributed by atoms with Gasteiger partial charge in [0.2, 0.25) is 5.82 Å². The molecule has 1 N–H and O–H groups in total. The van der Waals surface area contributed by atoms with E-state index < -0.39 is 0 Å². The van der Waals surface area contributed by atoms with Crippen LogP contribution in [-0.4, -0.2) is 27.4 Å². The Bertz CT molecular complexity index is 448. The van der Waals surface area contributed by atoms with Gasteiger partial charge in [-0.05, 0) is 19.9 Å². The van der Waals surface area contributed by atoms with Crippen LogP contribution in [0.25, 0.3) is 11.6 Å². The summed E-state index contributed by atoms with van der Waals surface area (Å²) in [6, 6.07) is 1.84. The molecule has 0 fully saturated rings.